The van der Waals surface area contributed by atoms with E-state index in [1.54, 1.807) is 0 Å². The molecule has 176 valence electrons. The third kappa shape index (κ3) is 4.38. The number of rotatable bonds is 5. The van der Waals surface area contributed by atoms with Gasteiger partial charge in [-0.2, -0.15) is 0 Å². The van der Waals surface area contributed by atoms with Crippen molar-refractivity contribution < 1.29 is 9.53 Å². The molecule has 4 heterocycles. The maximum absolute atomic E-state index is 13.4. The lowest BCUT2D eigenvalue weighted by Gasteiger charge is -2.51. The van der Waals surface area contributed by atoms with Crippen molar-refractivity contribution in [1.82, 2.24) is 36.8 Å². The number of fused-ring (bicyclic) bond motifs is 1. The zero-order chi connectivity index (χ0) is 21.6. The van der Waals surface area contributed by atoms with Crippen molar-refractivity contribution in [2.24, 2.45) is 11.3 Å². The standard InChI is InChI=1S/C22H41N7O2/c1-14-7-18(29-19(24-14)8-15(2)27-29)21(30)25-17-6-4-5-16(9-17)22(11-31-12-22)10-20-26-23-13-28(20)3/h14-20,23-24,26-27H,4-13H2,1-3H3,(H,25,30). The van der Waals surface area contributed by atoms with Gasteiger partial charge in [0.2, 0.25) is 5.91 Å². The van der Waals surface area contributed by atoms with Gasteiger partial charge in [-0.25, -0.2) is 15.9 Å². The van der Waals surface area contributed by atoms with Gasteiger partial charge < -0.3 is 10.1 Å². The van der Waals surface area contributed by atoms with E-state index in [1.165, 1.54) is 12.8 Å². The van der Waals surface area contributed by atoms with Gasteiger partial charge in [0.15, 0.2) is 0 Å². The Bertz CT molecular complexity index is 660. The summed E-state index contributed by atoms with van der Waals surface area (Å²) in [5, 5.41) is 9.27. The first-order valence-electron chi connectivity index (χ1n) is 12.3. The first-order chi connectivity index (χ1) is 14.9. The van der Waals surface area contributed by atoms with Crippen molar-refractivity contribution in [3.05, 3.63) is 0 Å². The van der Waals surface area contributed by atoms with Crippen molar-refractivity contribution in [1.29, 1.82) is 0 Å². The van der Waals surface area contributed by atoms with Gasteiger partial charge in [0.1, 0.15) is 6.04 Å². The quantitative estimate of drug-likeness (QED) is 0.414. The van der Waals surface area contributed by atoms with Gasteiger partial charge in [-0.1, -0.05) is 6.42 Å². The van der Waals surface area contributed by atoms with Crippen LogP contribution in [0.5, 0.6) is 0 Å². The number of nitrogens with zero attached hydrogens (tertiary/aromatic N) is 2. The average molecular weight is 436 g/mol. The number of hydrogen-bond donors (Lipinski definition) is 5. The molecule has 0 radical (unpaired) electrons. The Morgan fingerprint density at radius 3 is 2.71 bits per heavy atom. The van der Waals surface area contributed by atoms with Crippen LogP contribution in [-0.2, 0) is 9.53 Å². The summed E-state index contributed by atoms with van der Waals surface area (Å²) < 4.78 is 5.74. The number of carbonyl (C=O) groups is 1. The lowest BCUT2D eigenvalue weighted by atomic mass is 9.64. The van der Waals surface area contributed by atoms with Gasteiger partial charge in [0.05, 0.1) is 32.2 Å². The van der Waals surface area contributed by atoms with E-state index in [-0.39, 0.29) is 29.6 Å². The summed E-state index contributed by atoms with van der Waals surface area (Å²) in [6, 6.07) is 0.963. The molecule has 5 rings (SSSR count). The van der Waals surface area contributed by atoms with E-state index in [9.17, 15) is 4.79 Å². The van der Waals surface area contributed by atoms with Crippen molar-refractivity contribution in [3.63, 3.8) is 0 Å². The van der Waals surface area contributed by atoms with E-state index in [2.05, 4.69) is 57.7 Å². The Kier molecular flexibility index (Phi) is 6.28. The van der Waals surface area contributed by atoms with Crippen molar-refractivity contribution in [3.8, 4) is 0 Å². The zero-order valence-electron chi connectivity index (χ0n) is 19.3. The van der Waals surface area contributed by atoms with Gasteiger partial charge in [-0.3, -0.25) is 20.4 Å². The number of hydrazine groups is 2. The van der Waals surface area contributed by atoms with Gasteiger partial charge in [0.25, 0.3) is 0 Å². The maximum atomic E-state index is 13.4. The highest BCUT2D eigenvalue weighted by atomic mass is 16.5. The lowest BCUT2D eigenvalue weighted by Crippen LogP contribution is -2.64. The molecule has 0 bridgehead atoms. The summed E-state index contributed by atoms with van der Waals surface area (Å²) in [6.07, 6.45) is 8.21. The first kappa shape index (κ1) is 22.0. The lowest BCUT2D eigenvalue weighted by molar-refractivity contribution is -0.166. The Morgan fingerprint density at radius 2 is 2.00 bits per heavy atom. The van der Waals surface area contributed by atoms with Crippen LogP contribution in [0, 0.1) is 11.3 Å². The Hall–Kier alpha value is -0.810. The SMILES string of the molecule is CC1CC(C(=O)NC2CCCC(C3(CC4NNCN4C)COC3)C2)N2NC(C)CC2N1. The van der Waals surface area contributed by atoms with E-state index in [0.717, 1.165) is 52.0 Å². The summed E-state index contributed by atoms with van der Waals surface area (Å²) in [5.41, 5.74) is 10.4. The third-order valence-corrected chi connectivity index (χ3v) is 8.37. The van der Waals surface area contributed by atoms with Crippen LogP contribution in [-0.4, -0.2) is 79.2 Å². The fraction of sp³-hybridized carbons (Fsp3) is 0.955. The summed E-state index contributed by atoms with van der Waals surface area (Å²) in [4.78, 5) is 15.7. The minimum Gasteiger partial charge on any atom is -0.380 e. The van der Waals surface area contributed by atoms with Crippen LogP contribution in [0.3, 0.4) is 0 Å². The van der Waals surface area contributed by atoms with Gasteiger partial charge in [-0.15, -0.1) is 0 Å². The molecule has 5 fully saturated rings. The summed E-state index contributed by atoms with van der Waals surface area (Å²) in [6.45, 7) is 6.98. The molecule has 4 saturated heterocycles. The molecule has 5 aliphatic rings. The van der Waals surface area contributed by atoms with E-state index >= 15 is 0 Å². The predicted octanol–water partition coefficient (Wildman–Crippen LogP) is 0.0666. The molecule has 0 spiro atoms. The minimum atomic E-state index is -0.0880. The van der Waals surface area contributed by atoms with Crippen LogP contribution < -0.4 is 26.9 Å². The molecule has 0 aromatic heterocycles. The molecule has 1 aliphatic carbocycles. The van der Waals surface area contributed by atoms with E-state index in [4.69, 9.17) is 4.74 Å². The molecule has 0 aromatic rings. The Balaban J connectivity index is 1.21. The minimum absolute atomic E-state index is 0.0880. The molecule has 4 aliphatic heterocycles. The Labute approximate surface area is 186 Å². The highest BCUT2D eigenvalue weighted by Gasteiger charge is 2.49. The second-order valence-corrected chi connectivity index (χ2v) is 10.9. The van der Waals surface area contributed by atoms with E-state index in [0.29, 0.717) is 24.2 Å². The van der Waals surface area contributed by atoms with E-state index in [1.807, 2.05) is 0 Å². The number of carbonyl (C=O) groups excluding carboxylic acids is 1. The number of amides is 1. The van der Waals surface area contributed by atoms with Crippen LogP contribution in [0.25, 0.3) is 0 Å². The average Bonchev–Trinajstić information content (AvgIpc) is 3.28. The highest BCUT2D eigenvalue weighted by molar-refractivity contribution is 5.82. The first-order valence-corrected chi connectivity index (χ1v) is 12.3. The predicted molar refractivity (Wildman–Crippen MR) is 118 cm³/mol. The molecular formula is C22H41N7O2. The monoisotopic (exact) mass is 435 g/mol. The number of ether oxygens (including phenoxy) is 1. The van der Waals surface area contributed by atoms with Crippen molar-refractivity contribution >= 4 is 5.91 Å². The van der Waals surface area contributed by atoms with Crippen molar-refractivity contribution in [2.45, 2.75) is 95.3 Å². The smallest absolute Gasteiger partial charge is 0.239 e. The van der Waals surface area contributed by atoms with Gasteiger partial charge in [0, 0.05) is 23.5 Å². The van der Waals surface area contributed by atoms with Gasteiger partial charge in [-0.05, 0) is 65.3 Å². The topological polar surface area (TPSA) is 92.9 Å². The molecule has 9 nitrogen and oxygen atoms in total. The number of hydrogen-bond acceptors (Lipinski definition) is 8. The highest BCUT2D eigenvalue weighted by Crippen LogP contribution is 2.47. The molecule has 1 saturated carbocycles. The molecule has 9 heteroatoms. The van der Waals surface area contributed by atoms with Crippen LogP contribution in [0.4, 0.5) is 0 Å². The third-order valence-electron chi connectivity index (χ3n) is 8.37. The molecular weight excluding hydrogens is 394 g/mol. The summed E-state index contributed by atoms with van der Waals surface area (Å²) >= 11 is 0. The molecule has 1 amide bonds. The summed E-state index contributed by atoms with van der Waals surface area (Å²) in [7, 11) is 2.16. The largest absolute Gasteiger partial charge is 0.380 e. The van der Waals surface area contributed by atoms with Crippen LogP contribution in [0.2, 0.25) is 0 Å². The van der Waals surface area contributed by atoms with Crippen LogP contribution in [0.1, 0.15) is 58.8 Å². The molecule has 7 atom stereocenters. The molecule has 31 heavy (non-hydrogen) atoms. The maximum Gasteiger partial charge on any atom is 0.239 e. The molecule has 0 aromatic carbocycles. The van der Waals surface area contributed by atoms with Crippen molar-refractivity contribution in [2.75, 3.05) is 26.9 Å². The second-order valence-electron chi connectivity index (χ2n) is 10.9. The second kappa shape index (κ2) is 8.85. The fourth-order valence-electron chi connectivity index (χ4n) is 6.54. The normalized spacial score (nSPS) is 43.4. The fourth-order valence-corrected chi connectivity index (χ4v) is 6.54. The number of nitrogens with one attached hydrogen (secondary N) is 5. The summed E-state index contributed by atoms with van der Waals surface area (Å²) in [5.74, 6) is 0.812. The zero-order valence-corrected chi connectivity index (χ0v) is 19.3. The van der Waals surface area contributed by atoms with Crippen LogP contribution in [0.15, 0.2) is 0 Å². The molecule has 5 N–H and O–H groups in total. The van der Waals surface area contributed by atoms with E-state index < -0.39 is 0 Å². The van der Waals surface area contributed by atoms with Gasteiger partial charge >= 0.3 is 0 Å². The Morgan fingerprint density at radius 1 is 1.16 bits per heavy atom. The van der Waals surface area contributed by atoms with Crippen LogP contribution >= 0.6 is 0 Å². The molecule has 7 unspecified atom stereocenters.